The summed E-state index contributed by atoms with van der Waals surface area (Å²) in [4.78, 5) is 0. The fourth-order valence-corrected chi connectivity index (χ4v) is 1.67. The van der Waals surface area contributed by atoms with Gasteiger partial charge in [-0.25, -0.2) is 0 Å². The van der Waals surface area contributed by atoms with E-state index in [4.69, 9.17) is 21.6 Å². The van der Waals surface area contributed by atoms with Crippen LogP contribution >= 0.6 is 11.6 Å². The number of benzene rings is 1. The minimum absolute atomic E-state index is 0.348. The van der Waals surface area contributed by atoms with Crippen LogP contribution in [-0.4, -0.2) is 6.61 Å². The molecule has 0 radical (unpaired) electrons. The first-order valence-corrected chi connectivity index (χ1v) is 5.46. The second kappa shape index (κ2) is 4.55. The summed E-state index contributed by atoms with van der Waals surface area (Å²) in [6, 6.07) is 7.64. The molecule has 0 aliphatic heterocycles. The number of ether oxygens (including phenoxy) is 1. The number of para-hydroxylation sites is 1. The van der Waals surface area contributed by atoms with Crippen molar-refractivity contribution in [3.63, 3.8) is 0 Å². The van der Waals surface area contributed by atoms with E-state index < -0.39 is 0 Å². The molecule has 0 N–H and O–H groups in total. The Morgan fingerprint density at radius 1 is 1.47 bits per heavy atom. The summed E-state index contributed by atoms with van der Waals surface area (Å²) in [7, 11) is 0. The summed E-state index contributed by atoms with van der Waals surface area (Å²) in [5.74, 6) is 1.38. The van der Waals surface area contributed by atoms with Crippen molar-refractivity contribution in [3.8, 4) is 11.8 Å². The van der Waals surface area contributed by atoms with Crippen LogP contribution in [0.15, 0.2) is 18.2 Å². The molecule has 0 atom stereocenters. The summed E-state index contributed by atoms with van der Waals surface area (Å²) in [6.07, 6.45) is 2.84. The highest BCUT2D eigenvalue weighted by atomic mass is 35.5. The van der Waals surface area contributed by atoms with Crippen LogP contribution in [-0.2, 0) is 6.42 Å². The molecule has 3 heteroatoms. The van der Waals surface area contributed by atoms with Gasteiger partial charge in [-0.05, 0) is 24.8 Å². The van der Waals surface area contributed by atoms with Gasteiger partial charge in [-0.3, -0.25) is 0 Å². The van der Waals surface area contributed by atoms with Crippen LogP contribution in [0, 0.1) is 17.2 Å². The number of nitrogens with zero attached hydrogens (tertiary/aromatic N) is 1. The molecule has 0 spiro atoms. The lowest BCUT2D eigenvalue weighted by molar-refractivity contribution is 0.297. The van der Waals surface area contributed by atoms with E-state index in [1.165, 1.54) is 12.8 Å². The van der Waals surface area contributed by atoms with E-state index in [1.807, 2.05) is 12.1 Å². The molecule has 1 fully saturated rings. The Labute approximate surface area is 94.4 Å². The molecule has 1 aliphatic carbocycles. The Kier molecular flexibility index (Phi) is 3.13. The third kappa shape index (κ3) is 2.64. The first-order chi connectivity index (χ1) is 7.31. The number of hydrogen-bond donors (Lipinski definition) is 0. The van der Waals surface area contributed by atoms with Crippen molar-refractivity contribution in [1.82, 2.24) is 0 Å². The smallest absolute Gasteiger partial charge is 0.142 e. The van der Waals surface area contributed by atoms with Gasteiger partial charge in [0.25, 0.3) is 0 Å². The predicted molar refractivity (Wildman–Crippen MR) is 59.0 cm³/mol. The van der Waals surface area contributed by atoms with E-state index >= 15 is 0 Å². The molecular weight excluding hydrogens is 210 g/mol. The second-order valence-corrected chi connectivity index (χ2v) is 4.22. The van der Waals surface area contributed by atoms with Crippen molar-refractivity contribution in [2.45, 2.75) is 19.3 Å². The van der Waals surface area contributed by atoms with E-state index in [0.717, 1.165) is 12.2 Å². The largest absolute Gasteiger partial charge is 0.491 e. The van der Waals surface area contributed by atoms with Crippen LogP contribution < -0.4 is 4.74 Å². The number of hydrogen-bond acceptors (Lipinski definition) is 2. The molecular formula is C12H12ClNO. The van der Waals surface area contributed by atoms with E-state index in [0.29, 0.717) is 23.1 Å². The van der Waals surface area contributed by atoms with E-state index in [-0.39, 0.29) is 0 Å². The van der Waals surface area contributed by atoms with Gasteiger partial charge in [0.05, 0.1) is 24.1 Å². The lowest BCUT2D eigenvalue weighted by Crippen LogP contribution is -2.02. The average molecular weight is 222 g/mol. The monoisotopic (exact) mass is 221 g/mol. The van der Waals surface area contributed by atoms with Crippen molar-refractivity contribution in [1.29, 1.82) is 5.26 Å². The predicted octanol–water partition coefficient (Wildman–Crippen LogP) is 3.19. The van der Waals surface area contributed by atoms with E-state index in [9.17, 15) is 0 Å². The average Bonchev–Trinajstić information content (AvgIpc) is 3.01. The summed E-state index contributed by atoms with van der Waals surface area (Å²) in [5.41, 5.74) is 0.880. The molecule has 1 aliphatic rings. The first-order valence-electron chi connectivity index (χ1n) is 5.08. The van der Waals surface area contributed by atoms with Gasteiger partial charge < -0.3 is 4.74 Å². The Bertz CT molecular complexity index is 393. The summed E-state index contributed by atoms with van der Waals surface area (Å²) in [5, 5.41) is 9.28. The lowest BCUT2D eigenvalue weighted by Gasteiger charge is -2.10. The quantitative estimate of drug-likeness (QED) is 0.782. The molecule has 0 saturated heterocycles. The van der Waals surface area contributed by atoms with Crippen LogP contribution in [0.1, 0.15) is 18.4 Å². The molecule has 1 aromatic carbocycles. The minimum Gasteiger partial charge on any atom is -0.491 e. The molecule has 0 unspecified atom stereocenters. The van der Waals surface area contributed by atoms with Crippen molar-refractivity contribution in [2.24, 2.45) is 5.92 Å². The number of rotatable bonds is 4. The van der Waals surface area contributed by atoms with Crippen LogP contribution in [0.25, 0.3) is 0 Å². The van der Waals surface area contributed by atoms with Gasteiger partial charge in [0.2, 0.25) is 0 Å². The highest BCUT2D eigenvalue weighted by Gasteiger charge is 2.22. The van der Waals surface area contributed by atoms with Crippen molar-refractivity contribution < 1.29 is 4.74 Å². The van der Waals surface area contributed by atoms with Gasteiger partial charge in [-0.1, -0.05) is 23.7 Å². The normalized spacial score (nSPS) is 14.7. The standard InChI is InChI=1S/C12H12ClNO/c13-11-3-1-2-10(6-7-14)12(11)15-8-9-4-5-9/h1-3,9H,4-6,8H2. The SMILES string of the molecule is N#CCc1cccc(Cl)c1OCC1CC1. The maximum Gasteiger partial charge on any atom is 0.142 e. The van der Waals surface area contributed by atoms with E-state index in [1.54, 1.807) is 6.07 Å². The van der Waals surface area contributed by atoms with Crippen LogP contribution in [0.4, 0.5) is 0 Å². The first kappa shape index (κ1) is 10.3. The molecule has 78 valence electrons. The molecule has 2 nitrogen and oxygen atoms in total. The number of halogens is 1. The molecule has 0 bridgehead atoms. The zero-order chi connectivity index (χ0) is 10.7. The molecule has 1 aromatic rings. The van der Waals surface area contributed by atoms with Gasteiger partial charge in [0.15, 0.2) is 0 Å². The zero-order valence-electron chi connectivity index (χ0n) is 8.37. The number of nitriles is 1. The molecule has 2 rings (SSSR count). The van der Waals surface area contributed by atoms with Crippen molar-refractivity contribution in [2.75, 3.05) is 6.61 Å². The summed E-state index contributed by atoms with van der Waals surface area (Å²) >= 11 is 6.03. The van der Waals surface area contributed by atoms with Crippen molar-refractivity contribution in [3.05, 3.63) is 28.8 Å². The third-order valence-electron chi connectivity index (χ3n) is 2.48. The van der Waals surface area contributed by atoms with Gasteiger partial charge in [0, 0.05) is 5.56 Å². The van der Waals surface area contributed by atoms with Gasteiger partial charge in [-0.15, -0.1) is 0 Å². The Morgan fingerprint density at radius 3 is 2.93 bits per heavy atom. The highest BCUT2D eigenvalue weighted by molar-refractivity contribution is 6.32. The zero-order valence-corrected chi connectivity index (χ0v) is 9.13. The summed E-state index contributed by atoms with van der Waals surface area (Å²) in [6.45, 7) is 0.724. The van der Waals surface area contributed by atoms with Crippen molar-refractivity contribution >= 4 is 11.6 Å². The molecule has 0 aromatic heterocycles. The highest BCUT2D eigenvalue weighted by Crippen LogP contribution is 2.33. The molecule has 0 heterocycles. The Balaban J connectivity index is 2.13. The minimum atomic E-state index is 0.348. The van der Waals surface area contributed by atoms with Crippen LogP contribution in [0.2, 0.25) is 5.02 Å². The molecule has 1 saturated carbocycles. The summed E-state index contributed by atoms with van der Waals surface area (Å²) < 4.78 is 5.66. The lowest BCUT2D eigenvalue weighted by atomic mass is 10.1. The van der Waals surface area contributed by atoms with Gasteiger partial charge in [-0.2, -0.15) is 5.26 Å². The fourth-order valence-electron chi connectivity index (χ4n) is 1.43. The van der Waals surface area contributed by atoms with Gasteiger partial charge in [0.1, 0.15) is 5.75 Å². The Morgan fingerprint density at radius 2 is 2.27 bits per heavy atom. The van der Waals surface area contributed by atoms with Crippen LogP contribution in [0.5, 0.6) is 5.75 Å². The Hall–Kier alpha value is -1.20. The van der Waals surface area contributed by atoms with Crippen LogP contribution in [0.3, 0.4) is 0 Å². The fraction of sp³-hybridized carbons (Fsp3) is 0.417. The molecule has 15 heavy (non-hydrogen) atoms. The maximum absolute atomic E-state index is 8.68. The van der Waals surface area contributed by atoms with Gasteiger partial charge >= 0.3 is 0 Å². The second-order valence-electron chi connectivity index (χ2n) is 3.82. The maximum atomic E-state index is 8.68. The molecule has 0 amide bonds. The topological polar surface area (TPSA) is 33.0 Å². The van der Waals surface area contributed by atoms with E-state index in [2.05, 4.69) is 6.07 Å². The third-order valence-corrected chi connectivity index (χ3v) is 2.78.